The van der Waals surface area contributed by atoms with E-state index in [2.05, 4.69) is 53.2 Å². The summed E-state index contributed by atoms with van der Waals surface area (Å²) in [4.78, 5) is 29.7. The number of nitrogens with one attached hydrogen (secondary N) is 1. The number of hydrogen-bond donors (Lipinski definition) is 1. The fourth-order valence-electron chi connectivity index (χ4n) is 6.44. The van der Waals surface area contributed by atoms with E-state index in [1.807, 2.05) is 48.5 Å². The van der Waals surface area contributed by atoms with Gasteiger partial charge in [0, 0.05) is 41.4 Å². The van der Waals surface area contributed by atoms with Crippen LogP contribution in [-0.2, 0) is 22.6 Å². The highest BCUT2D eigenvalue weighted by Crippen LogP contribution is 2.32. The average Bonchev–Trinajstić information content (AvgIpc) is 3.39. The number of benzene rings is 4. The number of aldehydes is 1. The van der Waals surface area contributed by atoms with Crippen LogP contribution in [0.1, 0.15) is 62.4 Å². The number of carbonyl (C=O) groups excluding carboxylic acids is 2. The lowest BCUT2D eigenvalue weighted by atomic mass is 9.79. The van der Waals surface area contributed by atoms with Crippen molar-refractivity contribution < 1.29 is 9.59 Å². The van der Waals surface area contributed by atoms with Gasteiger partial charge in [-0.1, -0.05) is 86.8 Å². The number of unbranched alkanes of at least 4 members (excludes halogenated alkanes) is 1. The van der Waals surface area contributed by atoms with Crippen LogP contribution < -0.4 is 5.32 Å². The molecule has 6 rings (SSSR count). The second kappa shape index (κ2) is 12.6. The van der Waals surface area contributed by atoms with E-state index in [0.717, 1.165) is 101 Å². The number of amides is 1. The Hall–Kier alpha value is -4.76. The van der Waals surface area contributed by atoms with Gasteiger partial charge in [-0.3, -0.25) is 4.79 Å². The minimum atomic E-state index is -0.269. The largest absolute Gasteiger partial charge is 0.326 e. The third-order valence-electron chi connectivity index (χ3n) is 8.83. The molecule has 1 N–H and O–H groups in total. The van der Waals surface area contributed by atoms with Gasteiger partial charge in [-0.15, -0.1) is 0 Å². The van der Waals surface area contributed by atoms with Crippen LogP contribution in [0.5, 0.6) is 0 Å². The molecule has 1 heterocycles. The molecule has 6 heteroatoms. The Bertz CT molecular complexity index is 1830. The summed E-state index contributed by atoms with van der Waals surface area (Å²) in [5.74, 6) is 0.480. The van der Waals surface area contributed by atoms with Crippen LogP contribution in [0.25, 0.3) is 32.9 Å². The summed E-state index contributed by atoms with van der Waals surface area (Å²) in [6.07, 6.45) is 7.46. The van der Waals surface area contributed by atoms with Gasteiger partial charge in [0.1, 0.15) is 18.2 Å². The number of rotatable bonds is 9. The zero-order chi connectivity index (χ0) is 29.8. The molecule has 1 aliphatic carbocycles. The maximum absolute atomic E-state index is 13.1. The highest BCUT2D eigenvalue weighted by molar-refractivity contribution is 5.96. The van der Waals surface area contributed by atoms with Crippen LogP contribution in [0.15, 0.2) is 78.9 Å². The molecule has 216 valence electrons. The maximum atomic E-state index is 13.1. The highest BCUT2D eigenvalue weighted by Gasteiger charge is 2.30. The van der Waals surface area contributed by atoms with Crippen molar-refractivity contribution in [3.63, 3.8) is 0 Å². The first-order valence-electron chi connectivity index (χ1n) is 15.4. The van der Waals surface area contributed by atoms with E-state index < -0.39 is 0 Å². The van der Waals surface area contributed by atoms with Gasteiger partial charge in [-0.05, 0) is 54.0 Å². The van der Waals surface area contributed by atoms with Crippen molar-refractivity contribution >= 4 is 39.7 Å². The number of aromatic nitrogens is 2. The molecule has 1 fully saturated rings. The lowest BCUT2D eigenvalue weighted by Gasteiger charge is -2.26. The number of anilines is 1. The monoisotopic (exact) mass is 568 g/mol. The van der Waals surface area contributed by atoms with Gasteiger partial charge in [0.05, 0.1) is 16.6 Å². The molecule has 0 saturated heterocycles. The van der Waals surface area contributed by atoms with E-state index in [1.54, 1.807) is 0 Å². The fraction of sp³-hybridized carbons (Fsp3) is 0.297. The van der Waals surface area contributed by atoms with Crippen LogP contribution in [0.3, 0.4) is 0 Å². The number of nitrogens with zero attached hydrogens (tertiary/aromatic N) is 3. The summed E-state index contributed by atoms with van der Waals surface area (Å²) in [5.41, 5.74) is 6.37. The lowest BCUT2D eigenvalue weighted by Crippen LogP contribution is -2.32. The summed E-state index contributed by atoms with van der Waals surface area (Å²) in [5, 5.41) is 15.1. The normalized spacial score (nSPS) is 16.7. The van der Waals surface area contributed by atoms with Crippen molar-refractivity contribution in [3.8, 4) is 17.2 Å². The van der Waals surface area contributed by atoms with Crippen LogP contribution in [0, 0.1) is 23.2 Å². The Kier molecular flexibility index (Phi) is 8.33. The smallest absolute Gasteiger partial charge is 0.228 e. The molecule has 0 bridgehead atoms. The van der Waals surface area contributed by atoms with E-state index in [9.17, 15) is 14.9 Å². The minimum Gasteiger partial charge on any atom is -0.326 e. The molecule has 4 aromatic carbocycles. The molecule has 0 aliphatic heterocycles. The number of nitriles is 1. The SMILES string of the molecule is CCCCc1nc2ccc(NC(=O)[C@@H]3CCCC[C@@H]3C=O)cc2n1Cc1ccc(-c2ccc3ccccc3c2C#N)cc1. The second-order valence-corrected chi connectivity index (χ2v) is 11.6. The molecule has 43 heavy (non-hydrogen) atoms. The first kappa shape index (κ1) is 28.4. The zero-order valence-corrected chi connectivity index (χ0v) is 24.6. The molecule has 0 radical (unpaired) electrons. The Labute approximate surface area is 252 Å². The summed E-state index contributed by atoms with van der Waals surface area (Å²) >= 11 is 0. The molecule has 5 aromatic rings. The molecule has 2 atom stereocenters. The van der Waals surface area contributed by atoms with Crippen LogP contribution in [0.2, 0.25) is 0 Å². The molecule has 1 aromatic heterocycles. The third-order valence-corrected chi connectivity index (χ3v) is 8.83. The van der Waals surface area contributed by atoms with Crippen molar-refractivity contribution in [1.29, 1.82) is 5.26 Å². The molecule has 1 saturated carbocycles. The quantitative estimate of drug-likeness (QED) is 0.182. The van der Waals surface area contributed by atoms with Gasteiger partial charge in [0.2, 0.25) is 5.91 Å². The molecule has 1 aliphatic rings. The Balaban J connectivity index is 1.29. The summed E-state index contributed by atoms with van der Waals surface area (Å²) < 4.78 is 2.25. The molecular weight excluding hydrogens is 532 g/mol. The van der Waals surface area contributed by atoms with Gasteiger partial charge < -0.3 is 14.7 Å². The first-order chi connectivity index (χ1) is 21.1. The predicted octanol–water partition coefficient (Wildman–Crippen LogP) is 8.06. The van der Waals surface area contributed by atoms with Gasteiger partial charge in [0.15, 0.2) is 0 Å². The standard InChI is InChI=1S/C37H36N4O2/c1-2-3-12-36-40-34-20-18-29(39-37(43)32-11-7-5-9-28(32)24-42)21-35(34)41(36)23-25-13-15-27(16-14-25)31-19-17-26-8-4-6-10-30(26)33(31)22-38/h4,6,8,10,13-21,24,28,32H,2-3,5,7,9,11-12,23H2,1H3,(H,39,43)/t28-,32-/m1/s1. The topological polar surface area (TPSA) is 87.8 Å². The first-order valence-corrected chi connectivity index (χ1v) is 15.4. The number of carbonyl (C=O) groups is 2. The van der Waals surface area contributed by atoms with Crippen molar-refractivity contribution in [3.05, 3.63) is 95.8 Å². The van der Waals surface area contributed by atoms with E-state index in [-0.39, 0.29) is 17.7 Å². The Morgan fingerprint density at radius 3 is 2.65 bits per heavy atom. The number of hydrogen-bond acceptors (Lipinski definition) is 4. The Morgan fingerprint density at radius 1 is 1.05 bits per heavy atom. The molecule has 0 spiro atoms. The second-order valence-electron chi connectivity index (χ2n) is 11.6. The van der Waals surface area contributed by atoms with E-state index in [0.29, 0.717) is 12.1 Å². The zero-order valence-electron chi connectivity index (χ0n) is 24.6. The van der Waals surface area contributed by atoms with Gasteiger partial charge in [-0.25, -0.2) is 4.98 Å². The summed E-state index contributed by atoms with van der Waals surface area (Å²) in [6, 6.07) is 28.8. The molecular formula is C37H36N4O2. The minimum absolute atomic E-state index is 0.0746. The third kappa shape index (κ3) is 5.81. The van der Waals surface area contributed by atoms with Gasteiger partial charge >= 0.3 is 0 Å². The predicted molar refractivity (Wildman–Crippen MR) is 172 cm³/mol. The lowest BCUT2D eigenvalue weighted by molar-refractivity contribution is -0.126. The van der Waals surface area contributed by atoms with Crippen LogP contribution >= 0.6 is 0 Å². The number of aryl methyl sites for hydroxylation is 1. The van der Waals surface area contributed by atoms with E-state index in [1.165, 1.54) is 0 Å². The fourth-order valence-corrected chi connectivity index (χ4v) is 6.44. The Morgan fingerprint density at radius 2 is 1.86 bits per heavy atom. The number of fused-ring (bicyclic) bond motifs is 2. The number of imidazole rings is 1. The molecule has 1 amide bonds. The summed E-state index contributed by atoms with van der Waals surface area (Å²) in [7, 11) is 0. The molecule has 0 unspecified atom stereocenters. The van der Waals surface area contributed by atoms with Crippen LogP contribution in [0.4, 0.5) is 5.69 Å². The summed E-state index contributed by atoms with van der Waals surface area (Å²) in [6.45, 7) is 2.82. The van der Waals surface area contributed by atoms with Crippen molar-refractivity contribution in [2.24, 2.45) is 11.8 Å². The maximum Gasteiger partial charge on any atom is 0.228 e. The van der Waals surface area contributed by atoms with Crippen molar-refractivity contribution in [2.45, 2.75) is 58.4 Å². The van der Waals surface area contributed by atoms with Gasteiger partial charge in [-0.2, -0.15) is 5.26 Å². The van der Waals surface area contributed by atoms with E-state index in [4.69, 9.17) is 4.98 Å². The van der Waals surface area contributed by atoms with E-state index >= 15 is 0 Å². The van der Waals surface area contributed by atoms with Crippen LogP contribution in [-0.4, -0.2) is 21.7 Å². The van der Waals surface area contributed by atoms with Crippen molar-refractivity contribution in [2.75, 3.05) is 5.32 Å². The van der Waals surface area contributed by atoms with Gasteiger partial charge in [0.25, 0.3) is 0 Å². The average molecular weight is 569 g/mol. The molecule has 6 nitrogen and oxygen atoms in total. The highest BCUT2D eigenvalue weighted by atomic mass is 16.2. The van der Waals surface area contributed by atoms with Crippen molar-refractivity contribution in [1.82, 2.24) is 9.55 Å².